The second-order valence-corrected chi connectivity index (χ2v) is 5.42. The molecule has 1 amide bonds. The van der Waals surface area contributed by atoms with Crippen molar-refractivity contribution in [2.45, 2.75) is 13.0 Å². The quantitative estimate of drug-likeness (QED) is 0.823. The van der Waals surface area contributed by atoms with E-state index in [0.717, 1.165) is 16.1 Å². The Kier molecular flexibility index (Phi) is 4.57. The standard InChI is InChI=1S/C15H13BrF2N2O/c1-8(9-4-2-3-5-11(9)16)20-15(21)10-6-14(19)13(18)7-12(10)17/h2-8H,19H2,1H3,(H,20,21). The molecule has 0 radical (unpaired) electrons. The number of nitrogen functional groups attached to an aromatic ring is 1. The maximum Gasteiger partial charge on any atom is 0.254 e. The molecule has 0 saturated heterocycles. The van der Waals surface area contributed by atoms with Crippen molar-refractivity contribution in [2.75, 3.05) is 5.73 Å². The number of amides is 1. The first-order valence-electron chi connectivity index (χ1n) is 6.20. The van der Waals surface area contributed by atoms with Crippen LogP contribution >= 0.6 is 15.9 Å². The van der Waals surface area contributed by atoms with Crippen LogP contribution < -0.4 is 11.1 Å². The average Bonchev–Trinajstić information content (AvgIpc) is 2.43. The van der Waals surface area contributed by atoms with E-state index < -0.39 is 17.5 Å². The van der Waals surface area contributed by atoms with Gasteiger partial charge >= 0.3 is 0 Å². The number of carbonyl (C=O) groups is 1. The third kappa shape index (κ3) is 3.39. The van der Waals surface area contributed by atoms with Gasteiger partial charge in [0.25, 0.3) is 5.91 Å². The van der Waals surface area contributed by atoms with Crippen LogP contribution in [-0.2, 0) is 0 Å². The highest BCUT2D eigenvalue weighted by molar-refractivity contribution is 9.10. The van der Waals surface area contributed by atoms with Gasteiger partial charge in [0.05, 0.1) is 17.3 Å². The van der Waals surface area contributed by atoms with E-state index in [1.165, 1.54) is 0 Å². The summed E-state index contributed by atoms with van der Waals surface area (Å²) >= 11 is 3.38. The van der Waals surface area contributed by atoms with E-state index in [1.807, 2.05) is 24.3 Å². The van der Waals surface area contributed by atoms with Crippen LogP contribution in [0.3, 0.4) is 0 Å². The Balaban J connectivity index is 2.22. The zero-order valence-corrected chi connectivity index (χ0v) is 12.7. The van der Waals surface area contributed by atoms with Crippen molar-refractivity contribution in [2.24, 2.45) is 0 Å². The smallest absolute Gasteiger partial charge is 0.254 e. The SMILES string of the molecule is CC(NC(=O)c1cc(N)c(F)cc1F)c1ccccc1Br. The minimum atomic E-state index is -0.946. The van der Waals surface area contributed by atoms with E-state index in [2.05, 4.69) is 21.2 Å². The van der Waals surface area contributed by atoms with E-state index in [4.69, 9.17) is 5.73 Å². The van der Waals surface area contributed by atoms with Gasteiger partial charge in [-0.25, -0.2) is 8.78 Å². The van der Waals surface area contributed by atoms with Crippen LogP contribution in [0.4, 0.5) is 14.5 Å². The molecule has 0 spiro atoms. The molecule has 0 bridgehead atoms. The molecule has 3 N–H and O–H groups in total. The van der Waals surface area contributed by atoms with Crippen molar-refractivity contribution in [1.82, 2.24) is 5.32 Å². The fourth-order valence-electron chi connectivity index (χ4n) is 1.92. The molecule has 0 aliphatic carbocycles. The Hall–Kier alpha value is -1.95. The van der Waals surface area contributed by atoms with Crippen molar-refractivity contribution >= 4 is 27.5 Å². The van der Waals surface area contributed by atoms with E-state index in [1.54, 1.807) is 6.92 Å². The topological polar surface area (TPSA) is 55.1 Å². The summed E-state index contributed by atoms with van der Waals surface area (Å²) in [5.41, 5.74) is 5.66. The molecule has 0 aliphatic rings. The molecule has 0 aliphatic heterocycles. The zero-order valence-electron chi connectivity index (χ0n) is 11.2. The molecule has 0 heterocycles. The second-order valence-electron chi connectivity index (χ2n) is 4.57. The van der Waals surface area contributed by atoms with E-state index in [0.29, 0.717) is 6.07 Å². The Morgan fingerprint density at radius 1 is 1.24 bits per heavy atom. The molecule has 110 valence electrons. The van der Waals surface area contributed by atoms with Crippen molar-refractivity contribution < 1.29 is 13.6 Å². The summed E-state index contributed by atoms with van der Waals surface area (Å²) in [6.07, 6.45) is 0. The van der Waals surface area contributed by atoms with Gasteiger partial charge in [-0.05, 0) is 24.6 Å². The molecule has 2 rings (SSSR count). The van der Waals surface area contributed by atoms with Crippen LogP contribution in [0.2, 0.25) is 0 Å². The van der Waals surface area contributed by atoms with Crippen LogP contribution in [-0.4, -0.2) is 5.91 Å². The summed E-state index contributed by atoms with van der Waals surface area (Å²) in [5.74, 6) is -2.48. The largest absolute Gasteiger partial charge is 0.396 e. The number of nitrogens with two attached hydrogens (primary N) is 1. The normalized spacial score (nSPS) is 12.0. The third-order valence-corrected chi connectivity index (χ3v) is 3.77. The monoisotopic (exact) mass is 354 g/mol. The van der Waals surface area contributed by atoms with Gasteiger partial charge in [0, 0.05) is 10.5 Å². The van der Waals surface area contributed by atoms with Gasteiger partial charge in [0.1, 0.15) is 11.6 Å². The number of halogens is 3. The number of anilines is 1. The van der Waals surface area contributed by atoms with E-state index >= 15 is 0 Å². The van der Waals surface area contributed by atoms with Crippen LogP contribution in [0, 0.1) is 11.6 Å². The summed E-state index contributed by atoms with van der Waals surface area (Å²) in [4.78, 5) is 12.1. The van der Waals surface area contributed by atoms with Gasteiger partial charge < -0.3 is 11.1 Å². The molecule has 0 saturated carbocycles. The number of carbonyl (C=O) groups excluding carboxylic acids is 1. The summed E-state index contributed by atoms with van der Waals surface area (Å²) in [6, 6.07) is 8.61. The third-order valence-electron chi connectivity index (χ3n) is 3.05. The van der Waals surface area contributed by atoms with Gasteiger partial charge in [-0.1, -0.05) is 34.1 Å². The van der Waals surface area contributed by atoms with Crippen molar-refractivity contribution in [3.63, 3.8) is 0 Å². The number of benzene rings is 2. The van der Waals surface area contributed by atoms with Gasteiger partial charge in [0.2, 0.25) is 0 Å². The van der Waals surface area contributed by atoms with E-state index in [-0.39, 0.29) is 17.3 Å². The summed E-state index contributed by atoms with van der Waals surface area (Å²) in [7, 11) is 0. The van der Waals surface area contributed by atoms with Gasteiger partial charge in [0.15, 0.2) is 0 Å². The Labute approximate surface area is 129 Å². The van der Waals surface area contributed by atoms with Crippen LogP contribution in [0.1, 0.15) is 28.9 Å². The highest BCUT2D eigenvalue weighted by atomic mass is 79.9. The lowest BCUT2D eigenvalue weighted by Crippen LogP contribution is -2.27. The molecule has 1 unspecified atom stereocenters. The molecule has 2 aromatic carbocycles. The second kappa shape index (κ2) is 6.22. The fraction of sp³-hybridized carbons (Fsp3) is 0.133. The molecule has 1 atom stereocenters. The first-order valence-corrected chi connectivity index (χ1v) is 6.99. The molecule has 3 nitrogen and oxygen atoms in total. The molecule has 21 heavy (non-hydrogen) atoms. The lowest BCUT2D eigenvalue weighted by molar-refractivity contribution is 0.0935. The van der Waals surface area contributed by atoms with Crippen molar-refractivity contribution in [3.8, 4) is 0 Å². The number of nitrogens with one attached hydrogen (secondary N) is 1. The predicted octanol–water partition coefficient (Wildman–Crippen LogP) is 3.80. The molecular formula is C15H13BrF2N2O. The highest BCUT2D eigenvalue weighted by Crippen LogP contribution is 2.24. The predicted molar refractivity (Wildman–Crippen MR) is 80.8 cm³/mol. The Bertz CT molecular complexity index is 691. The lowest BCUT2D eigenvalue weighted by Gasteiger charge is -2.16. The summed E-state index contributed by atoms with van der Waals surface area (Å²) in [5, 5.41) is 2.65. The highest BCUT2D eigenvalue weighted by Gasteiger charge is 2.18. The first-order chi connectivity index (χ1) is 9.90. The maximum atomic E-state index is 13.6. The van der Waals surface area contributed by atoms with Crippen LogP contribution in [0.25, 0.3) is 0 Å². The van der Waals surface area contributed by atoms with Gasteiger partial charge in [-0.2, -0.15) is 0 Å². The number of hydrogen-bond acceptors (Lipinski definition) is 2. The zero-order chi connectivity index (χ0) is 15.6. The van der Waals surface area contributed by atoms with Gasteiger partial charge in [-0.15, -0.1) is 0 Å². The average molecular weight is 355 g/mol. The Morgan fingerprint density at radius 3 is 2.57 bits per heavy atom. The van der Waals surface area contributed by atoms with Gasteiger partial charge in [-0.3, -0.25) is 4.79 Å². The molecule has 0 aromatic heterocycles. The molecule has 2 aromatic rings. The molecule has 0 fully saturated rings. The van der Waals surface area contributed by atoms with E-state index in [9.17, 15) is 13.6 Å². The molecule has 6 heteroatoms. The first kappa shape index (κ1) is 15.4. The maximum absolute atomic E-state index is 13.6. The number of rotatable bonds is 3. The van der Waals surface area contributed by atoms with Crippen LogP contribution in [0.15, 0.2) is 40.9 Å². The fourth-order valence-corrected chi connectivity index (χ4v) is 2.55. The Morgan fingerprint density at radius 2 is 1.90 bits per heavy atom. The minimum Gasteiger partial charge on any atom is -0.396 e. The van der Waals surface area contributed by atoms with Crippen molar-refractivity contribution in [3.05, 3.63) is 63.6 Å². The minimum absolute atomic E-state index is 0.268. The van der Waals surface area contributed by atoms with Crippen LogP contribution in [0.5, 0.6) is 0 Å². The van der Waals surface area contributed by atoms with Crippen molar-refractivity contribution in [1.29, 1.82) is 0 Å². The molecular weight excluding hydrogens is 342 g/mol. The number of hydrogen-bond donors (Lipinski definition) is 2. The lowest BCUT2D eigenvalue weighted by atomic mass is 10.1. The summed E-state index contributed by atoms with van der Waals surface area (Å²) in [6.45, 7) is 1.77. The summed E-state index contributed by atoms with van der Waals surface area (Å²) < 4.78 is 27.6.